The number of carbonyl (C=O) groups excluding carboxylic acids is 1. The standard InChI is InChI=1S/C23H25N3O5S.ClH/c1-25(2)11-12-26(20(27)10-6-15-5-7-16-19(13-15)31-14-30-16)23-24-21-17(28-3)8-9-18(29-4)22(21)32-23;/h5-10,13H,11-12,14H2,1-4H3;1H. The molecule has 2 aromatic carbocycles. The minimum absolute atomic E-state index is 0. The molecule has 1 aliphatic rings. The lowest BCUT2D eigenvalue weighted by atomic mass is 10.2. The molecule has 0 aliphatic carbocycles. The van der Waals surface area contributed by atoms with Crippen LogP contribution in [0.1, 0.15) is 5.56 Å². The van der Waals surface area contributed by atoms with Crippen LogP contribution in [0, 0.1) is 0 Å². The first-order chi connectivity index (χ1) is 15.5. The number of benzene rings is 2. The normalized spacial score (nSPS) is 12.3. The van der Waals surface area contributed by atoms with E-state index in [-0.39, 0.29) is 25.1 Å². The number of aromatic nitrogens is 1. The number of anilines is 1. The largest absolute Gasteiger partial charge is 0.495 e. The minimum Gasteiger partial charge on any atom is -0.495 e. The van der Waals surface area contributed by atoms with E-state index in [9.17, 15) is 4.79 Å². The summed E-state index contributed by atoms with van der Waals surface area (Å²) in [7, 11) is 7.15. The van der Waals surface area contributed by atoms with Gasteiger partial charge in [-0.1, -0.05) is 17.4 Å². The molecule has 3 aromatic rings. The predicted molar refractivity (Wildman–Crippen MR) is 132 cm³/mol. The molecular weight excluding hydrogens is 466 g/mol. The zero-order valence-electron chi connectivity index (χ0n) is 18.9. The number of halogens is 1. The smallest absolute Gasteiger partial charge is 0.252 e. The van der Waals surface area contributed by atoms with Crippen LogP contribution in [0.5, 0.6) is 23.0 Å². The lowest BCUT2D eigenvalue weighted by molar-refractivity contribution is -0.114. The Kier molecular flexibility index (Phi) is 8.01. The van der Waals surface area contributed by atoms with Crippen molar-refractivity contribution in [2.75, 3.05) is 53.1 Å². The Morgan fingerprint density at radius 2 is 1.82 bits per heavy atom. The molecule has 0 saturated heterocycles. The molecule has 1 aliphatic heterocycles. The van der Waals surface area contributed by atoms with Crippen LogP contribution in [0.2, 0.25) is 0 Å². The van der Waals surface area contributed by atoms with Crippen LogP contribution in [0.3, 0.4) is 0 Å². The number of methoxy groups -OCH3 is 2. The predicted octanol–water partition coefficient (Wildman–Crippen LogP) is 4.07. The summed E-state index contributed by atoms with van der Waals surface area (Å²) in [5.41, 5.74) is 1.53. The van der Waals surface area contributed by atoms with Crippen molar-refractivity contribution in [3.8, 4) is 23.0 Å². The van der Waals surface area contributed by atoms with Crippen molar-refractivity contribution in [2.24, 2.45) is 0 Å². The summed E-state index contributed by atoms with van der Waals surface area (Å²) in [6.45, 7) is 1.39. The molecule has 0 bridgehead atoms. The molecule has 8 nitrogen and oxygen atoms in total. The van der Waals surface area contributed by atoms with Crippen molar-refractivity contribution in [3.05, 3.63) is 42.0 Å². The Morgan fingerprint density at radius 1 is 1.09 bits per heavy atom. The summed E-state index contributed by atoms with van der Waals surface area (Å²) in [4.78, 5) is 21.6. The molecule has 0 spiro atoms. The maximum Gasteiger partial charge on any atom is 0.252 e. The first-order valence-electron chi connectivity index (χ1n) is 10.1. The van der Waals surface area contributed by atoms with Gasteiger partial charge in [-0.2, -0.15) is 0 Å². The molecule has 0 N–H and O–H groups in total. The first-order valence-corrected chi connectivity index (χ1v) is 10.9. The fourth-order valence-corrected chi connectivity index (χ4v) is 4.37. The van der Waals surface area contributed by atoms with E-state index < -0.39 is 0 Å². The van der Waals surface area contributed by atoms with Gasteiger partial charge in [0.15, 0.2) is 16.6 Å². The van der Waals surface area contributed by atoms with Crippen LogP contribution in [0.4, 0.5) is 5.13 Å². The molecule has 1 aromatic heterocycles. The third-order valence-corrected chi connectivity index (χ3v) is 6.07. The fraction of sp³-hybridized carbons (Fsp3) is 0.304. The summed E-state index contributed by atoms with van der Waals surface area (Å²) in [5.74, 6) is 2.55. The highest BCUT2D eigenvalue weighted by Crippen LogP contribution is 2.40. The summed E-state index contributed by atoms with van der Waals surface area (Å²) in [6, 6.07) is 9.23. The number of ether oxygens (including phenoxy) is 4. The molecule has 33 heavy (non-hydrogen) atoms. The molecule has 0 atom stereocenters. The maximum absolute atomic E-state index is 13.2. The van der Waals surface area contributed by atoms with Crippen molar-refractivity contribution in [1.82, 2.24) is 9.88 Å². The molecule has 0 saturated carbocycles. The number of nitrogens with zero attached hydrogens (tertiary/aromatic N) is 3. The first kappa shape index (κ1) is 24.6. The van der Waals surface area contributed by atoms with Crippen molar-refractivity contribution in [2.45, 2.75) is 0 Å². The molecule has 176 valence electrons. The van der Waals surface area contributed by atoms with Gasteiger partial charge in [-0.25, -0.2) is 4.98 Å². The molecule has 10 heteroatoms. The Bertz CT molecular complexity index is 1120. The van der Waals surface area contributed by atoms with E-state index in [0.717, 1.165) is 10.3 Å². The molecule has 0 fully saturated rings. The van der Waals surface area contributed by atoms with Crippen LogP contribution in [-0.4, -0.2) is 64.0 Å². The van der Waals surface area contributed by atoms with Crippen molar-refractivity contribution in [1.29, 1.82) is 0 Å². The minimum atomic E-state index is -0.165. The highest BCUT2D eigenvalue weighted by molar-refractivity contribution is 7.22. The Labute approximate surface area is 202 Å². The maximum atomic E-state index is 13.2. The number of hydrogen-bond donors (Lipinski definition) is 0. The van der Waals surface area contributed by atoms with E-state index in [4.69, 9.17) is 23.9 Å². The number of carbonyl (C=O) groups is 1. The second-order valence-corrected chi connectivity index (χ2v) is 8.36. The third kappa shape index (κ3) is 5.32. The van der Waals surface area contributed by atoms with E-state index in [2.05, 4.69) is 0 Å². The van der Waals surface area contributed by atoms with Gasteiger partial charge in [-0.3, -0.25) is 9.69 Å². The summed E-state index contributed by atoms with van der Waals surface area (Å²) >= 11 is 1.40. The number of rotatable bonds is 8. The third-order valence-electron chi connectivity index (χ3n) is 4.98. The summed E-state index contributed by atoms with van der Waals surface area (Å²) in [5, 5.41) is 0.588. The summed E-state index contributed by atoms with van der Waals surface area (Å²) < 4.78 is 22.5. The van der Waals surface area contributed by atoms with Gasteiger partial charge in [0.25, 0.3) is 5.91 Å². The quantitative estimate of drug-likeness (QED) is 0.440. The van der Waals surface area contributed by atoms with E-state index in [0.29, 0.717) is 46.7 Å². The Balaban J connectivity index is 0.00000306. The summed E-state index contributed by atoms with van der Waals surface area (Å²) in [6.07, 6.45) is 3.31. The number of likely N-dealkylation sites (N-methyl/N-ethyl adjacent to an activating group) is 1. The highest BCUT2D eigenvalue weighted by Gasteiger charge is 2.21. The van der Waals surface area contributed by atoms with Crippen LogP contribution in [-0.2, 0) is 4.79 Å². The second-order valence-electron chi connectivity index (χ2n) is 7.38. The van der Waals surface area contributed by atoms with Crippen molar-refractivity contribution >= 4 is 51.1 Å². The van der Waals surface area contributed by atoms with Crippen molar-refractivity contribution < 1.29 is 23.7 Å². The topological polar surface area (TPSA) is 73.4 Å². The monoisotopic (exact) mass is 491 g/mol. The average Bonchev–Trinajstić information content (AvgIpc) is 3.43. The Hall–Kier alpha value is -3.01. The van der Waals surface area contributed by atoms with Crippen molar-refractivity contribution in [3.63, 3.8) is 0 Å². The lowest BCUT2D eigenvalue weighted by Gasteiger charge is -2.20. The van der Waals surface area contributed by atoms with Gasteiger partial charge in [-0.05, 0) is 50.0 Å². The number of fused-ring (bicyclic) bond motifs is 2. The van der Waals surface area contributed by atoms with Gasteiger partial charge in [0.1, 0.15) is 21.7 Å². The van der Waals surface area contributed by atoms with Crippen LogP contribution < -0.4 is 23.8 Å². The molecule has 4 rings (SSSR count). The number of hydrogen-bond acceptors (Lipinski definition) is 8. The van der Waals surface area contributed by atoms with Gasteiger partial charge in [0.05, 0.1) is 14.2 Å². The van der Waals surface area contributed by atoms with Gasteiger partial charge in [0, 0.05) is 19.2 Å². The van der Waals surface area contributed by atoms with E-state index in [1.54, 1.807) is 31.3 Å². The van der Waals surface area contributed by atoms with E-state index in [1.165, 1.54) is 11.3 Å². The average molecular weight is 492 g/mol. The highest BCUT2D eigenvalue weighted by atomic mass is 35.5. The zero-order chi connectivity index (χ0) is 22.7. The van der Waals surface area contributed by atoms with Gasteiger partial charge < -0.3 is 23.8 Å². The van der Waals surface area contributed by atoms with Gasteiger partial charge in [-0.15, -0.1) is 12.4 Å². The van der Waals surface area contributed by atoms with Gasteiger partial charge in [0.2, 0.25) is 6.79 Å². The molecule has 1 amide bonds. The molecular formula is C23H26ClN3O5S. The Morgan fingerprint density at radius 3 is 2.55 bits per heavy atom. The van der Waals surface area contributed by atoms with Crippen LogP contribution in [0.15, 0.2) is 36.4 Å². The van der Waals surface area contributed by atoms with E-state index >= 15 is 0 Å². The SMILES string of the molecule is COc1ccc(OC)c2sc(N(CCN(C)C)C(=O)C=Cc3ccc4c(c3)OCO4)nc12.Cl. The molecule has 2 heterocycles. The fourth-order valence-electron chi connectivity index (χ4n) is 3.26. The number of amides is 1. The van der Waals surface area contributed by atoms with Gasteiger partial charge >= 0.3 is 0 Å². The van der Waals surface area contributed by atoms with E-state index in [1.807, 2.05) is 49.3 Å². The molecule has 0 radical (unpaired) electrons. The van der Waals surface area contributed by atoms with Crippen LogP contribution in [0.25, 0.3) is 16.3 Å². The lowest BCUT2D eigenvalue weighted by Crippen LogP contribution is -2.35. The number of thiazole rings is 1. The zero-order valence-corrected chi connectivity index (χ0v) is 20.5. The molecule has 0 unspecified atom stereocenters. The second kappa shape index (κ2) is 10.7. The van der Waals surface area contributed by atoms with Crippen LogP contribution >= 0.6 is 23.7 Å².